The number of hydrogen-bond donors (Lipinski definition) is 1. The van der Waals surface area contributed by atoms with Gasteiger partial charge in [-0.25, -0.2) is 0 Å². The van der Waals surface area contributed by atoms with Gasteiger partial charge in [-0.2, -0.15) is 0 Å². The number of nitrogens with one attached hydrogen (secondary N) is 1. The van der Waals surface area contributed by atoms with Crippen LogP contribution in [0.4, 0.5) is 0 Å². The standard InChI is InChI=1S/C21H21NO2/c1-15-7-3-6-10-20(15)24-14-21(23)22-16(2)18-12-11-17-8-4-5-9-19(17)13-18/h3-13,16H,14H2,1-2H3,(H,22,23)/t16-/m1/s1. The molecule has 3 nitrogen and oxygen atoms in total. The normalized spacial score (nSPS) is 11.9. The Hall–Kier alpha value is -2.81. The molecule has 0 bridgehead atoms. The maximum Gasteiger partial charge on any atom is 0.258 e. The molecule has 0 spiro atoms. The number of hydrogen-bond acceptors (Lipinski definition) is 2. The Balaban J connectivity index is 1.61. The molecule has 3 aromatic rings. The molecule has 1 amide bonds. The minimum atomic E-state index is -0.126. The number of aryl methyl sites for hydroxylation is 1. The average molecular weight is 319 g/mol. The summed E-state index contributed by atoms with van der Waals surface area (Å²) in [5.74, 6) is 0.616. The molecule has 122 valence electrons. The Kier molecular flexibility index (Phi) is 4.80. The average Bonchev–Trinajstić information content (AvgIpc) is 2.60. The van der Waals surface area contributed by atoms with Crippen molar-refractivity contribution in [1.29, 1.82) is 0 Å². The van der Waals surface area contributed by atoms with Crippen molar-refractivity contribution >= 4 is 16.7 Å². The number of carbonyl (C=O) groups excluding carboxylic acids is 1. The van der Waals surface area contributed by atoms with Crippen LogP contribution in [0.1, 0.15) is 24.1 Å². The Morgan fingerprint density at radius 1 is 1.00 bits per heavy atom. The van der Waals surface area contributed by atoms with E-state index in [1.807, 2.05) is 50.2 Å². The van der Waals surface area contributed by atoms with E-state index in [2.05, 4.69) is 35.6 Å². The van der Waals surface area contributed by atoms with Crippen LogP contribution >= 0.6 is 0 Å². The molecule has 1 atom stereocenters. The first-order valence-corrected chi connectivity index (χ1v) is 8.10. The number of ether oxygens (including phenoxy) is 1. The van der Waals surface area contributed by atoms with E-state index in [4.69, 9.17) is 4.74 Å². The van der Waals surface area contributed by atoms with Gasteiger partial charge in [0.25, 0.3) is 5.91 Å². The molecule has 0 fully saturated rings. The summed E-state index contributed by atoms with van der Waals surface area (Å²) in [6.07, 6.45) is 0. The molecule has 3 heteroatoms. The lowest BCUT2D eigenvalue weighted by Gasteiger charge is -2.16. The molecule has 0 unspecified atom stereocenters. The lowest BCUT2D eigenvalue weighted by atomic mass is 10.0. The fraction of sp³-hybridized carbons (Fsp3) is 0.190. The summed E-state index contributed by atoms with van der Waals surface area (Å²) < 4.78 is 5.59. The van der Waals surface area contributed by atoms with E-state index >= 15 is 0 Å². The lowest BCUT2D eigenvalue weighted by molar-refractivity contribution is -0.123. The van der Waals surface area contributed by atoms with Gasteiger partial charge in [0.2, 0.25) is 0 Å². The second kappa shape index (κ2) is 7.18. The summed E-state index contributed by atoms with van der Waals surface area (Å²) in [7, 11) is 0. The third-order valence-electron chi connectivity index (χ3n) is 4.10. The minimum absolute atomic E-state index is 0.0166. The van der Waals surface area contributed by atoms with Crippen molar-refractivity contribution < 1.29 is 9.53 Å². The van der Waals surface area contributed by atoms with E-state index in [-0.39, 0.29) is 18.6 Å². The van der Waals surface area contributed by atoms with Gasteiger partial charge in [0.05, 0.1) is 6.04 Å². The molecule has 0 saturated heterocycles. The molecule has 1 N–H and O–H groups in total. The highest BCUT2D eigenvalue weighted by Crippen LogP contribution is 2.20. The number of carbonyl (C=O) groups is 1. The van der Waals surface area contributed by atoms with E-state index in [1.165, 1.54) is 10.8 Å². The number of fused-ring (bicyclic) bond motifs is 1. The third-order valence-corrected chi connectivity index (χ3v) is 4.10. The van der Waals surface area contributed by atoms with Crippen molar-refractivity contribution in [3.8, 4) is 5.75 Å². The van der Waals surface area contributed by atoms with Crippen molar-refractivity contribution in [3.63, 3.8) is 0 Å². The van der Waals surface area contributed by atoms with Crippen LogP contribution < -0.4 is 10.1 Å². The molecule has 3 rings (SSSR count). The largest absolute Gasteiger partial charge is 0.484 e. The molecular formula is C21H21NO2. The molecule has 0 aliphatic rings. The van der Waals surface area contributed by atoms with E-state index in [0.29, 0.717) is 0 Å². The van der Waals surface area contributed by atoms with Crippen molar-refractivity contribution in [2.24, 2.45) is 0 Å². The highest BCUT2D eigenvalue weighted by atomic mass is 16.5. The highest BCUT2D eigenvalue weighted by molar-refractivity contribution is 5.83. The van der Waals surface area contributed by atoms with Gasteiger partial charge in [-0.05, 0) is 47.9 Å². The van der Waals surface area contributed by atoms with Crippen molar-refractivity contribution in [2.75, 3.05) is 6.61 Å². The maximum atomic E-state index is 12.1. The SMILES string of the molecule is Cc1ccccc1OCC(=O)N[C@H](C)c1ccc2ccccc2c1. The summed E-state index contributed by atoms with van der Waals surface area (Å²) in [5, 5.41) is 5.36. The number of rotatable bonds is 5. The number of amides is 1. The minimum Gasteiger partial charge on any atom is -0.484 e. The van der Waals surface area contributed by atoms with Gasteiger partial charge in [0.15, 0.2) is 6.61 Å². The predicted octanol–water partition coefficient (Wildman–Crippen LogP) is 4.40. The monoisotopic (exact) mass is 319 g/mol. The maximum absolute atomic E-state index is 12.1. The second-order valence-corrected chi connectivity index (χ2v) is 5.95. The van der Waals surface area contributed by atoms with Crippen LogP contribution in [0.25, 0.3) is 10.8 Å². The first-order chi connectivity index (χ1) is 11.6. The summed E-state index contributed by atoms with van der Waals surface area (Å²) >= 11 is 0. The van der Waals surface area contributed by atoms with Crippen LogP contribution in [0, 0.1) is 6.92 Å². The van der Waals surface area contributed by atoms with Gasteiger partial charge in [-0.1, -0.05) is 54.6 Å². The smallest absolute Gasteiger partial charge is 0.258 e. The first-order valence-electron chi connectivity index (χ1n) is 8.10. The van der Waals surface area contributed by atoms with Crippen molar-refractivity contribution in [3.05, 3.63) is 77.9 Å². The van der Waals surface area contributed by atoms with Crippen LogP contribution in [-0.2, 0) is 4.79 Å². The molecule has 0 aliphatic carbocycles. The molecular weight excluding hydrogens is 298 g/mol. The fourth-order valence-electron chi connectivity index (χ4n) is 2.71. The summed E-state index contributed by atoms with van der Waals surface area (Å²) in [6, 6.07) is 22.1. The topological polar surface area (TPSA) is 38.3 Å². The van der Waals surface area contributed by atoms with Crippen LogP contribution in [0.2, 0.25) is 0 Å². The van der Waals surface area contributed by atoms with Gasteiger partial charge >= 0.3 is 0 Å². The molecule has 0 aliphatic heterocycles. The summed E-state index contributed by atoms with van der Waals surface area (Å²) in [4.78, 5) is 12.1. The summed E-state index contributed by atoms with van der Waals surface area (Å²) in [5.41, 5.74) is 2.10. The van der Waals surface area contributed by atoms with Crippen LogP contribution in [-0.4, -0.2) is 12.5 Å². The second-order valence-electron chi connectivity index (χ2n) is 5.95. The molecule has 0 heterocycles. The summed E-state index contributed by atoms with van der Waals surface area (Å²) in [6.45, 7) is 3.96. The zero-order valence-electron chi connectivity index (χ0n) is 14.0. The van der Waals surface area contributed by atoms with Crippen molar-refractivity contribution in [2.45, 2.75) is 19.9 Å². The van der Waals surface area contributed by atoms with Crippen LogP contribution in [0.5, 0.6) is 5.75 Å². The third kappa shape index (κ3) is 3.74. The first kappa shape index (κ1) is 16.1. The quantitative estimate of drug-likeness (QED) is 0.757. The Bertz CT molecular complexity index is 857. The van der Waals surface area contributed by atoms with Gasteiger partial charge in [0, 0.05) is 0 Å². The molecule has 3 aromatic carbocycles. The fourth-order valence-corrected chi connectivity index (χ4v) is 2.71. The number of para-hydroxylation sites is 1. The zero-order valence-corrected chi connectivity index (χ0v) is 14.0. The number of benzene rings is 3. The Morgan fingerprint density at radius 3 is 2.50 bits per heavy atom. The van der Waals surface area contributed by atoms with E-state index in [0.717, 1.165) is 16.9 Å². The van der Waals surface area contributed by atoms with Gasteiger partial charge in [0.1, 0.15) is 5.75 Å². The highest BCUT2D eigenvalue weighted by Gasteiger charge is 2.11. The lowest BCUT2D eigenvalue weighted by Crippen LogP contribution is -2.31. The predicted molar refractivity (Wildman–Crippen MR) is 97.2 cm³/mol. The van der Waals surface area contributed by atoms with Crippen LogP contribution in [0.3, 0.4) is 0 Å². The van der Waals surface area contributed by atoms with E-state index < -0.39 is 0 Å². The molecule has 0 radical (unpaired) electrons. The molecule has 0 saturated carbocycles. The van der Waals surface area contributed by atoms with E-state index in [1.54, 1.807) is 0 Å². The van der Waals surface area contributed by atoms with Gasteiger partial charge in [-0.15, -0.1) is 0 Å². The van der Waals surface area contributed by atoms with Gasteiger partial charge < -0.3 is 10.1 Å². The Labute approximate surface area is 142 Å². The van der Waals surface area contributed by atoms with Crippen molar-refractivity contribution in [1.82, 2.24) is 5.32 Å². The molecule has 0 aromatic heterocycles. The molecule has 24 heavy (non-hydrogen) atoms. The Morgan fingerprint density at radius 2 is 1.71 bits per heavy atom. The van der Waals surface area contributed by atoms with E-state index in [9.17, 15) is 4.79 Å². The zero-order chi connectivity index (χ0) is 16.9. The van der Waals surface area contributed by atoms with Crippen LogP contribution in [0.15, 0.2) is 66.7 Å². The van der Waals surface area contributed by atoms with Gasteiger partial charge in [-0.3, -0.25) is 4.79 Å².